The highest BCUT2D eigenvalue weighted by Gasteiger charge is 2.37. The molecular formula is C32H37ClF3N5O3. The zero-order valence-corrected chi connectivity index (χ0v) is 25.8. The van der Waals surface area contributed by atoms with Crippen molar-refractivity contribution in [1.29, 1.82) is 0 Å². The summed E-state index contributed by atoms with van der Waals surface area (Å²) in [5, 5.41) is 3.16. The fourth-order valence-corrected chi connectivity index (χ4v) is 6.15. The number of anilines is 1. The second-order valence-electron chi connectivity index (χ2n) is 11.2. The van der Waals surface area contributed by atoms with Crippen molar-refractivity contribution < 1.29 is 27.4 Å². The smallest absolute Gasteiger partial charge is 0.420 e. The van der Waals surface area contributed by atoms with Gasteiger partial charge in [-0.05, 0) is 75.8 Å². The van der Waals surface area contributed by atoms with E-state index in [1.54, 1.807) is 12.3 Å². The molecule has 1 amide bonds. The summed E-state index contributed by atoms with van der Waals surface area (Å²) in [5.74, 6) is -0.0681. The number of hydrogen-bond acceptors (Lipinski definition) is 7. The Morgan fingerprint density at radius 3 is 2.66 bits per heavy atom. The Balaban J connectivity index is 1.44. The van der Waals surface area contributed by atoms with Crippen molar-refractivity contribution in [3.8, 4) is 22.9 Å². The van der Waals surface area contributed by atoms with E-state index in [0.717, 1.165) is 25.6 Å². The van der Waals surface area contributed by atoms with Crippen molar-refractivity contribution in [2.45, 2.75) is 63.9 Å². The molecule has 236 valence electrons. The van der Waals surface area contributed by atoms with Crippen LogP contribution in [0.4, 0.5) is 18.9 Å². The first-order valence-electron chi connectivity index (χ1n) is 15.0. The molecule has 0 aliphatic carbocycles. The van der Waals surface area contributed by atoms with Crippen LogP contribution in [0.15, 0.2) is 48.7 Å². The van der Waals surface area contributed by atoms with Crippen LogP contribution < -0.4 is 19.7 Å². The summed E-state index contributed by atoms with van der Waals surface area (Å²) in [6.45, 7) is 6.45. The predicted molar refractivity (Wildman–Crippen MR) is 164 cm³/mol. The molecule has 2 aliphatic heterocycles. The van der Waals surface area contributed by atoms with Gasteiger partial charge in [0.15, 0.2) is 5.69 Å². The summed E-state index contributed by atoms with van der Waals surface area (Å²) in [5.41, 5.74) is 1.31. The molecular weight excluding hydrogens is 595 g/mol. The topological polar surface area (TPSA) is 79.8 Å². The standard InChI is InChI=1S/C32H37ClF3N5O3/c1-4-22-18-23(44-28-11-8-20(33)17-25(28)32(34,35)36)13-16-41(22)27-10-9-26(24-7-6-14-37-31(24)43-5-2)39-29(27)30(42)38-21-12-15-40(3)19-21/h6-11,14,17,21-23H,4-5,12-13,15-16,18-19H2,1-3H3,(H,38,42)/t21-,22+,23+/m0/s1. The maximum absolute atomic E-state index is 13.8. The number of halogens is 4. The Morgan fingerprint density at radius 1 is 1.14 bits per heavy atom. The summed E-state index contributed by atoms with van der Waals surface area (Å²) in [6, 6.07) is 10.9. The largest absolute Gasteiger partial charge is 0.490 e. The Labute approximate surface area is 260 Å². The van der Waals surface area contributed by atoms with Gasteiger partial charge in [-0.3, -0.25) is 4.79 Å². The van der Waals surface area contributed by atoms with Crippen molar-refractivity contribution in [3.63, 3.8) is 0 Å². The number of aromatic nitrogens is 2. The predicted octanol–water partition coefficient (Wildman–Crippen LogP) is 6.47. The number of nitrogens with zero attached hydrogens (tertiary/aromatic N) is 4. The van der Waals surface area contributed by atoms with Crippen LogP contribution in [0.2, 0.25) is 5.02 Å². The third-order valence-corrected chi connectivity index (χ3v) is 8.37. The molecule has 3 atom stereocenters. The number of rotatable bonds is 9. The number of hydrogen-bond donors (Lipinski definition) is 1. The summed E-state index contributed by atoms with van der Waals surface area (Å²) in [4.78, 5) is 27.3. The maximum Gasteiger partial charge on any atom is 0.420 e. The van der Waals surface area contributed by atoms with Crippen molar-refractivity contribution in [3.05, 3.63) is 64.9 Å². The fraction of sp³-hybridized carbons (Fsp3) is 0.469. The molecule has 0 saturated carbocycles. The highest BCUT2D eigenvalue weighted by atomic mass is 35.5. The van der Waals surface area contributed by atoms with E-state index in [4.69, 9.17) is 26.1 Å². The lowest BCUT2D eigenvalue weighted by Gasteiger charge is -2.41. The fourth-order valence-electron chi connectivity index (χ4n) is 5.98. The second-order valence-corrected chi connectivity index (χ2v) is 11.7. The lowest BCUT2D eigenvalue weighted by molar-refractivity contribution is -0.139. The summed E-state index contributed by atoms with van der Waals surface area (Å²) in [7, 11) is 2.02. The molecule has 1 aromatic carbocycles. The Bertz CT molecular complexity index is 1470. The van der Waals surface area contributed by atoms with Gasteiger partial charge in [-0.2, -0.15) is 13.2 Å². The zero-order valence-electron chi connectivity index (χ0n) is 25.0. The summed E-state index contributed by atoms with van der Waals surface area (Å²) >= 11 is 5.86. The SMILES string of the molecule is CCOc1ncccc1-c1ccc(N2CC[C@@H](Oc3ccc(Cl)cc3C(F)(F)F)C[C@H]2CC)c(C(=O)N[C@H]2CCN(C)C2)n1. The van der Waals surface area contributed by atoms with Gasteiger partial charge in [0.05, 0.1) is 29.1 Å². The van der Waals surface area contributed by atoms with Crippen LogP contribution in [-0.2, 0) is 6.18 Å². The Hall–Kier alpha value is -3.57. The molecule has 2 aliphatic rings. The molecule has 4 heterocycles. The minimum Gasteiger partial charge on any atom is -0.490 e. The molecule has 5 rings (SSSR count). The van der Waals surface area contributed by atoms with Crippen LogP contribution in [0.25, 0.3) is 11.3 Å². The lowest BCUT2D eigenvalue weighted by Crippen LogP contribution is -2.47. The van der Waals surface area contributed by atoms with Gasteiger partial charge in [-0.15, -0.1) is 0 Å². The third-order valence-electron chi connectivity index (χ3n) is 8.13. The van der Waals surface area contributed by atoms with Gasteiger partial charge < -0.3 is 24.6 Å². The first kappa shape index (κ1) is 31.8. The van der Waals surface area contributed by atoms with E-state index in [1.807, 2.05) is 39.1 Å². The van der Waals surface area contributed by atoms with E-state index >= 15 is 0 Å². The van der Waals surface area contributed by atoms with Crippen molar-refractivity contribution in [2.75, 3.05) is 38.2 Å². The minimum absolute atomic E-state index is 0.00316. The van der Waals surface area contributed by atoms with Crippen molar-refractivity contribution >= 4 is 23.2 Å². The van der Waals surface area contributed by atoms with E-state index in [-0.39, 0.29) is 28.8 Å². The van der Waals surface area contributed by atoms with E-state index in [0.29, 0.717) is 60.9 Å². The number of ether oxygens (including phenoxy) is 2. The molecule has 0 radical (unpaired) electrons. The average Bonchev–Trinajstić information content (AvgIpc) is 3.41. The van der Waals surface area contributed by atoms with Gasteiger partial charge in [0, 0.05) is 49.2 Å². The highest BCUT2D eigenvalue weighted by molar-refractivity contribution is 6.30. The number of pyridine rings is 2. The second kappa shape index (κ2) is 13.6. The van der Waals surface area contributed by atoms with Crippen LogP contribution in [0, 0.1) is 0 Å². The highest BCUT2D eigenvalue weighted by Crippen LogP contribution is 2.40. The normalized spacial score (nSPS) is 20.9. The molecule has 44 heavy (non-hydrogen) atoms. The maximum atomic E-state index is 13.8. The molecule has 0 unspecified atom stereocenters. The molecule has 2 saturated heterocycles. The Kier molecular flexibility index (Phi) is 9.84. The first-order valence-corrected chi connectivity index (χ1v) is 15.3. The van der Waals surface area contributed by atoms with E-state index < -0.39 is 17.8 Å². The molecule has 12 heteroatoms. The summed E-state index contributed by atoms with van der Waals surface area (Å²) in [6.07, 6.45) is -0.911. The van der Waals surface area contributed by atoms with E-state index in [2.05, 4.69) is 20.1 Å². The number of nitrogens with one attached hydrogen (secondary N) is 1. The monoisotopic (exact) mass is 631 g/mol. The van der Waals surface area contributed by atoms with Crippen LogP contribution >= 0.6 is 11.6 Å². The number of carbonyl (C=O) groups excluding carboxylic acids is 1. The van der Waals surface area contributed by atoms with Gasteiger partial charge >= 0.3 is 6.18 Å². The van der Waals surface area contributed by atoms with Crippen LogP contribution in [0.1, 0.15) is 55.6 Å². The van der Waals surface area contributed by atoms with Gasteiger partial charge in [0.25, 0.3) is 5.91 Å². The zero-order chi connectivity index (χ0) is 31.4. The molecule has 0 spiro atoms. The number of benzene rings is 1. The molecule has 0 bridgehead atoms. The van der Waals surface area contributed by atoms with Gasteiger partial charge in [0.1, 0.15) is 11.9 Å². The molecule has 2 aromatic heterocycles. The van der Waals surface area contributed by atoms with Crippen LogP contribution in [0.5, 0.6) is 11.6 Å². The van der Waals surface area contributed by atoms with Crippen molar-refractivity contribution in [2.24, 2.45) is 0 Å². The van der Waals surface area contributed by atoms with E-state index in [9.17, 15) is 18.0 Å². The minimum atomic E-state index is -4.59. The van der Waals surface area contributed by atoms with Crippen LogP contribution in [0.3, 0.4) is 0 Å². The Morgan fingerprint density at radius 2 is 1.95 bits per heavy atom. The molecule has 3 aromatic rings. The number of carbonyl (C=O) groups is 1. The molecule has 2 fully saturated rings. The van der Waals surface area contributed by atoms with Gasteiger partial charge in [-0.25, -0.2) is 9.97 Å². The number of likely N-dealkylation sites (tertiary alicyclic amines) is 1. The number of alkyl halides is 3. The summed E-state index contributed by atoms with van der Waals surface area (Å²) < 4.78 is 52.8. The number of likely N-dealkylation sites (N-methyl/N-ethyl adjacent to an activating group) is 1. The third kappa shape index (κ3) is 7.21. The molecule has 8 nitrogen and oxygen atoms in total. The lowest BCUT2D eigenvalue weighted by atomic mass is 9.95. The number of piperidine rings is 1. The van der Waals surface area contributed by atoms with Gasteiger partial charge in [0.2, 0.25) is 5.88 Å². The number of amides is 1. The van der Waals surface area contributed by atoms with Crippen molar-refractivity contribution in [1.82, 2.24) is 20.2 Å². The quantitative estimate of drug-likeness (QED) is 0.290. The average molecular weight is 632 g/mol. The molecule has 1 N–H and O–H groups in total. The van der Waals surface area contributed by atoms with Gasteiger partial charge in [-0.1, -0.05) is 18.5 Å². The first-order chi connectivity index (χ1) is 21.1. The van der Waals surface area contributed by atoms with E-state index in [1.165, 1.54) is 12.1 Å². The van der Waals surface area contributed by atoms with Crippen LogP contribution in [-0.4, -0.2) is 72.3 Å².